The smallest absolute Gasteiger partial charge is 0.249 e. The first-order chi connectivity index (χ1) is 13.7. The van der Waals surface area contributed by atoms with E-state index in [-0.39, 0.29) is 32.0 Å². The fourth-order valence-corrected chi connectivity index (χ4v) is 3.39. The fraction of sp³-hybridized carbons (Fsp3) is 0.350. The first kappa shape index (κ1) is 20.6. The lowest BCUT2D eigenvalue weighted by Crippen LogP contribution is -2.44. The monoisotopic (exact) mass is 403 g/mol. The second-order valence-corrected chi connectivity index (χ2v) is 6.87. The summed E-state index contributed by atoms with van der Waals surface area (Å²) in [6.45, 7) is 6.27. The minimum atomic E-state index is -1.88. The second kappa shape index (κ2) is 8.07. The van der Waals surface area contributed by atoms with Gasteiger partial charge in [0.15, 0.2) is 12.2 Å². The van der Waals surface area contributed by atoms with E-state index in [2.05, 4.69) is 20.6 Å². The van der Waals surface area contributed by atoms with Crippen molar-refractivity contribution in [3.05, 3.63) is 47.3 Å². The van der Waals surface area contributed by atoms with Crippen LogP contribution in [0.15, 0.2) is 44.7 Å². The zero-order valence-corrected chi connectivity index (χ0v) is 16.1. The molecule has 0 spiro atoms. The first-order valence-corrected chi connectivity index (χ1v) is 8.98. The standard InChI is InChI=1S/C20H19F2N5O2.2H2/c1-9-13(20(29)27-15-5-4-14(21)18(22)17(9)15)6-16(28)26-11(3)19-10(2)25-12(7-23)8-24-19;;/h4-5,8,11-12,14H,6H2,1-3H3,(H,26,28)(H,27,29);2*1H/t11-,12?,14?;;/m0../s1. The number of allylic oxidation sites excluding steroid dienone is 2. The predicted molar refractivity (Wildman–Crippen MR) is 107 cm³/mol. The summed E-state index contributed by atoms with van der Waals surface area (Å²) in [7, 11) is 0. The van der Waals surface area contributed by atoms with Crippen LogP contribution in [0.5, 0.6) is 0 Å². The molecule has 3 atom stereocenters. The van der Waals surface area contributed by atoms with Crippen LogP contribution in [0.25, 0.3) is 0 Å². The molecular formula is C20H23F2N5O2. The number of nitriles is 1. The molecule has 2 heterocycles. The first-order valence-electron chi connectivity index (χ1n) is 8.98. The van der Waals surface area contributed by atoms with Gasteiger partial charge in [0.05, 0.1) is 30.0 Å². The molecule has 154 valence electrons. The van der Waals surface area contributed by atoms with E-state index in [1.54, 1.807) is 13.8 Å². The van der Waals surface area contributed by atoms with E-state index in [0.717, 1.165) is 6.08 Å². The highest BCUT2D eigenvalue weighted by atomic mass is 19.2. The van der Waals surface area contributed by atoms with Crippen LogP contribution in [-0.4, -0.2) is 41.5 Å². The third kappa shape index (κ3) is 4.01. The Kier molecular flexibility index (Phi) is 5.73. The van der Waals surface area contributed by atoms with Crippen molar-refractivity contribution < 1.29 is 21.2 Å². The normalized spacial score (nSPS) is 25.6. The minimum Gasteiger partial charge on any atom is -0.348 e. The number of hydrogen-bond donors (Lipinski definition) is 2. The molecule has 0 saturated heterocycles. The van der Waals surface area contributed by atoms with Crippen LogP contribution in [0.3, 0.4) is 0 Å². The molecule has 2 aliphatic heterocycles. The number of carbonyl (C=O) groups is 2. The Morgan fingerprint density at radius 1 is 1.48 bits per heavy atom. The summed E-state index contributed by atoms with van der Waals surface area (Å²) in [5.41, 5.74) is 1.32. The molecule has 0 fully saturated rings. The van der Waals surface area contributed by atoms with Crippen molar-refractivity contribution >= 4 is 23.2 Å². The summed E-state index contributed by atoms with van der Waals surface area (Å²) in [5, 5.41) is 14.1. The Hall–Kier alpha value is -3.15. The van der Waals surface area contributed by atoms with Gasteiger partial charge in [-0.2, -0.15) is 5.26 Å². The van der Waals surface area contributed by atoms with Gasteiger partial charge in [0.25, 0.3) is 0 Å². The molecule has 0 bridgehead atoms. The second-order valence-electron chi connectivity index (χ2n) is 6.87. The summed E-state index contributed by atoms with van der Waals surface area (Å²) < 4.78 is 27.9. The number of carbonyl (C=O) groups excluding carboxylic acids is 2. The summed E-state index contributed by atoms with van der Waals surface area (Å²) in [4.78, 5) is 33.2. The van der Waals surface area contributed by atoms with Gasteiger partial charge in [-0.1, -0.05) is 6.08 Å². The highest BCUT2D eigenvalue weighted by Gasteiger charge is 2.36. The Morgan fingerprint density at radius 2 is 2.21 bits per heavy atom. The Morgan fingerprint density at radius 3 is 2.86 bits per heavy atom. The SMILES string of the molecule is CC1=NC(C#N)[CH]N=C1[C@H](C)NC(=O)CC1=C(C)C2=C(F)C(F)C=C[C]2NC1=O.[HH].[HH]. The van der Waals surface area contributed by atoms with Crippen molar-refractivity contribution in [3.8, 4) is 6.07 Å². The van der Waals surface area contributed by atoms with Crippen molar-refractivity contribution in [1.29, 1.82) is 5.26 Å². The summed E-state index contributed by atoms with van der Waals surface area (Å²) in [6, 6.07) is 0.986. The third-order valence-electron chi connectivity index (χ3n) is 4.85. The van der Waals surface area contributed by atoms with Crippen LogP contribution in [0.4, 0.5) is 8.78 Å². The number of nitrogens with one attached hydrogen (secondary N) is 2. The number of nitrogens with zero attached hydrogens (tertiary/aromatic N) is 3. The number of amides is 2. The predicted octanol–water partition coefficient (Wildman–Crippen LogP) is 2.45. The van der Waals surface area contributed by atoms with Crippen molar-refractivity contribution in [2.45, 2.75) is 45.4 Å². The topological polar surface area (TPSA) is 107 Å². The van der Waals surface area contributed by atoms with Crippen LogP contribution in [0, 0.1) is 23.9 Å². The molecule has 2 amide bonds. The Bertz CT molecular complexity index is 965. The van der Waals surface area contributed by atoms with E-state index in [0.29, 0.717) is 11.4 Å². The molecule has 29 heavy (non-hydrogen) atoms. The van der Waals surface area contributed by atoms with Crippen molar-refractivity contribution in [2.24, 2.45) is 9.98 Å². The maximum atomic E-state index is 14.2. The van der Waals surface area contributed by atoms with Crippen molar-refractivity contribution in [2.75, 3.05) is 0 Å². The van der Waals surface area contributed by atoms with Crippen LogP contribution in [0.2, 0.25) is 0 Å². The van der Waals surface area contributed by atoms with Gasteiger partial charge in [0.2, 0.25) is 11.8 Å². The molecule has 7 nitrogen and oxygen atoms in total. The van der Waals surface area contributed by atoms with E-state index < -0.39 is 35.9 Å². The van der Waals surface area contributed by atoms with Gasteiger partial charge in [-0.25, -0.2) is 8.78 Å². The van der Waals surface area contributed by atoms with E-state index in [1.807, 2.05) is 6.07 Å². The molecular weight excluding hydrogens is 380 g/mol. The fourth-order valence-electron chi connectivity index (χ4n) is 3.39. The molecule has 9 heteroatoms. The molecule has 2 radical (unpaired) electrons. The number of halogens is 2. The van der Waals surface area contributed by atoms with Crippen LogP contribution in [-0.2, 0) is 9.59 Å². The highest BCUT2D eigenvalue weighted by molar-refractivity contribution is 6.44. The Balaban J connectivity index is 0.00000240. The average Bonchev–Trinajstić information content (AvgIpc) is 2.67. The highest BCUT2D eigenvalue weighted by Crippen LogP contribution is 2.37. The molecule has 1 aliphatic carbocycles. The maximum Gasteiger partial charge on any atom is 0.249 e. The number of aliphatic imine (C=N–C) groups is 2. The van der Waals surface area contributed by atoms with Crippen LogP contribution < -0.4 is 10.6 Å². The van der Waals surface area contributed by atoms with Gasteiger partial charge in [-0.15, -0.1) is 0 Å². The number of alkyl halides is 1. The van der Waals surface area contributed by atoms with Crippen LogP contribution >= 0.6 is 0 Å². The quantitative estimate of drug-likeness (QED) is 0.753. The average molecular weight is 403 g/mol. The van der Waals surface area contributed by atoms with Gasteiger partial charge in [0, 0.05) is 14.0 Å². The summed E-state index contributed by atoms with van der Waals surface area (Å²) in [6.07, 6.45) is 0.149. The number of fused-ring (bicyclic) bond motifs is 1. The molecule has 0 aromatic rings. The van der Waals surface area contributed by atoms with Gasteiger partial charge in [-0.3, -0.25) is 19.6 Å². The van der Waals surface area contributed by atoms with E-state index in [1.165, 1.54) is 19.5 Å². The molecule has 0 aromatic heterocycles. The van der Waals surface area contributed by atoms with Gasteiger partial charge >= 0.3 is 0 Å². The number of rotatable bonds is 4. The van der Waals surface area contributed by atoms with E-state index >= 15 is 0 Å². The molecule has 3 rings (SSSR count). The summed E-state index contributed by atoms with van der Waals surface area (Å²) in [5.74, 6) is -2.00. The molecule has 2 N–H and O–H groups in total. The van der Waals surface area contributed by atoms with E-state index in [9.17, 15) is 18.4 Å². The van der Waals surface area contributed by atoms with Gasteiger partial charge in [0.1, 0.15) is 18.4 Å². The molecule has 2 unspecified atom stereocenters. The lowest BCUT2D eigenvalue weighted by Gasteiger charge is -2.30. The molecule has 0 aromatic carbocycles. The lowest BCUT2D eigenvalue weighted by molar-refractivity contribution is -0.123. The van der Waals surface area contributed by atoms with E-state index in [4.69, 9.17) is 5.26 Å². The largest absolute Gasteiger partial charge is 0.348 e. The zero-order chi connectivity index (χ0) is 21.3. The molecule has 3 aliphatic rings. The van der Waals surface area contributed by atoms with Gasteiger partial charge in [-0.05, 0) is 32.4 Å². The zero-order valence-electron chi connectivity index (χ0n) is 16.1. The van der Waals surface area contributed by atoms with Crippen LogP contribution in [0.1, 0.15) is 30.0 Å². The van der Waals surface area contributed by atoms with Crippen molar-refractivity contribution in [1.82, 2.24) is 10.6 Å². The number of hydrogen-bond acceptors (Lipinski definition) is 5. The maximum absolute atomic E-state index is 14.2. The third-order valence-corrected chi connectivity index (χ3v) is 4.85. The minimum absolute atomic E-state index is 0. The molecule has 0 saturated carbocycles. The summed E-state index contributed by atoms with van der Waals surface area (Å²) >= 11 is 0. The Labute approximate surface area is 169 Å². The lowest BCUT2D eigenvalue weighted by atomic mass is 9.85. The van der Waals surface area contributed by atoms with Crippen molar-refractivity contribution in [3.63, 3.8) is 0 Å². The van der Waals surface area contributed by atoms with Gasteiger partial charge < -0.3 is 10.6 Å².